The third-order valence-corrected chi connectivity index (χ3v) is 14.5. The summed E-state index contributed by atoms with van der Waals surface area (Å²) in [5.74, 6) is -6.59. The summed E-state index contributed by atoms with van der Waals surface area (Å²) in [5, 5.41) is 13.9. The molecule has 0 spiro atoms. The molecule has 13 heteroatoms. The first-order valence-corrected chi connectivity index (χ1v) is 21.4. The van der Waals surface area contributed by atoms with Crippen molar-refractivity contribution in [2.24, 2.45) is 22.7 Å². The van der Waals surface area contributed by atoms with Gasteiger partial charge in [-0.3, -0.25) is 19.2 Å². The van der Waals surface area contributed by atoms with Gasteiger partial charge < -0.3 is 33.5 Å². The van der Waals surface area contributed by atoms with Gasteiger partial charge in [0.1, 0.15) is 23.9 Å². The first kappa shape index (κ1) is 45.5. The number of aliphatic hydroxyl groups is 1. The fraction of sp³-hybridized carbons (Fsp3) is 0.480. The summed E-state index contributed by atoms with van der Waals surface area (Å²) in [6.45, 7) is 10.7. The van der Waals surface area contributed by atoms with Crippen LogP contribution in [-0.2, 0) is 47.6 Å². The Morgan fingerprint density at radius 3 is 1.95 bits per heavy atom. The minimum absolute atomic E-state index is 0.121. The number of carbonyl (C=O) groups excluding carboxylic acids is 6. The molecule has 3 aromatic rings. The van der Waals surface area contributed by atoms with E-state index in [1.54, 1.807) is 113 Å². The van der Waals surface area contributed by atoms with Crippen LogP contribution in [0.5, 0.6) is 0 Å². The van der Waals surface area contributed by atoms with Crippen molar-refractivity contribution in [2.45, 2.75) is 115 Å². The van der Waals surface area contributed by atoms with Crippen LogP contribution in [0.1, 0.15) is 99.9 Å². The van der Waals surface area contributed by atoms with E-state index in [-0.39, 0.29) is 42.8 Å². The molecule has 0 amide bonds. The zero-order valence-corrected chi connectivity index (χ0v) is 37.0. The van der Waals surface area contributed by atoms with Gasteiger partial charge in [-0.2, -0.15) is 0 Å². The maximum absolute atomic E-state index is 15.7. The van der Waals surface area contributed by atoms with E-state index >= 15 is 4.79 Å². The van der Waals surface area contributed by atoms with E-state index in [1.807, 2.05) is 13.0 Å². The molecule has 0 radical (unpaired) electrons. The summed E-state index contributed by atoms with van der Waals surface area (Å²) >= 11 is 0. The number of Topliss-reactive ketones (excluding diaryl/α,β-unsaturated/α-hetero) is 2. The monoisotopic (exact) mass is 864 g/mol. The van der Waals surface area contributed by atoms with Gasteiger partial charge >= 0.3 is 23.9 Å². The third kappa shape index (κ3) is 7.71. The molecule has 2 bridgehead atoms. The Labute approximate surface area is 367 Å². The van der Waals surface area contributed by atoms with Crippen LogP contribution in [0.15, 0.2) is 102 Å². The van der Waals surface area contributed by atoms with Crippen molar-refractivity contribution in [1.82, 2.24) is 0 Å². The first-order chi connectivity index (χ1) is 29.8. The standard InChI is InChI=1S/C50H56O13/c1-28-24-38-49(27-59-38,63-31(4)52)42-44(62-45(55)34-22-16-11-17-23-34)50(57)26-37(29(2)39(47(50,5)6)41(60-30(3)51)43(54)48(28,42)7)61-46(56)40(58-8)35(32-18-12-9-13-19-32)25-36(53)33-20-14-10-15-21-33/h9-23,28,35,37-38,40-42,44,57H,24-27H2,1-8H3/t28-,35?,37?,38+,40+,41+,42-,44?,48+,49-,50+/m0/s1. The molecule has 1 saturated heterocycles. The highest BCUT2D eigenvalue weighted by atomic mass is 16.6. The van der Waals surface area contributed by atoms with Gasteiger partial charge in [0.15, 0.2) is 29.4 Å². The van der Waals surface area contributed by atoms with Crippen molar-refractivity contribution in [3.63, 3.8) is 0 Å². The topological polar surface area (TPSA) is 178 Å². The van der Waals surface area contributed by atoms with Gasteiger partial charge in [-0.05, 0) is 48.1 Å². The lowest BCUT2D eigenvalue weighted by atomic mass is 9.43. The van der Waals surface area contributed by atoms with E-state index in [1.165, 1.54) is 21.0 Å². The second kappa shape index (κ2) is 17.2. The lowest BCUT2D eigenvalue weighted by molar-refractivity contribution is -0.340. The van der Waals surface area contributed by atoms with Crippen molar-refractivity contribution >= 4 is 35.4 Å². The first-order valence-electron chi connectivity index (χ1n) is 21.4. The summed E-state index contributed by atoms with van der Waals surface area (Å²) in [4.78, 5) is 84.8. The predicted molar refractivity (Wildman–Crippen MR) is 227 cm³/mol. The zero-order valence-electron chi connectivity index (χ0n) is 37.0. The Hall–Kier alpha value is -5.50. The number of methoxy groups -OCH3 is 1. The Kier molecular flexibility index (Phi) is 12.5. The number of benzene rings is 3. The number of ether oxygens (including phenoxy) is 6. The van der Waals surface area contributed by atoms with Crippen LogP contribution in [0.3, 0.4) is 0 Å². The van der Waals surface area contributed by atoms with Gasteiger partial charge in [-0.25, -0.2) is 9.59 Å². The molecule has 11 atom stereocenters. The van der Waals surface area contributed by atoms with Gasteiger partial charge in [0.25, 0.3) is 0 Å². The van der Waals surface area contributed by atoms with Gasteiger partial charge in [0.2, 0.25) is 0 Å². The van der Waals surface area contributed by atoms with E-state index < -0.39 is 100.0 Å². The van der Waals surface area contributed by atoms with E-state index in [4.69, 9.17) is 28.4 Å². The third-order valence-electron chi connectivity index (χ3n) is 14.5. The summed E-state index contributed by atoms with van der Waals surface area (Å²) in [6.07, 6.45) is -6.89. The molecule has 1 heterocycles. The lowest BCUT2D eigenvalue weighted by Crippen LogP contribution is -2.80. The molecule has 1 N–H and O–H groups in total. The normalized spacial score (nSPS) is 31.6. The molecule has 3 aliphatic carbocycles. The van der Waals surface area contributed by atoms with Crippen LogP contribution in [0, 0.1) is 22.7 Å². The van der Waals surface area contributed by atoms with Gasteiger partial charge in [-0.1, -0.05) is 107 Å². The number of esters is 4. The maximum Gasteiger partial charge on any atom is 0.338 e. The number of rotatable bonds is 12. The summed E-state index contributed by atoms with van der Waals surface area (Å²) in [7, 11) is 1.34. The van der Waals surface area contributed by atoms with Crippen molar-refractivity contribution in [3.05, 3.63) is 119 Å². The van der Waals surface area contributed by atoms with Crippen molar-refractivity contribution in [3.8, 4) is 0 Å². The van der Waals surface area contributed by atoms with E-state index in [2.05, 4.69) is 0 Å². The Bertz CT molecular complexity index is 2290. The molecule has 7 rings (SSSR count). The smallest absolute Gasteiger partial charge is 0.338 e. The van der Waals surface area contributed by atoms with Gasteiger partial charge in [0, 0.05) is 56.1 Å². The van der Waals surface area contributed by atoms with E-state index in [9.17, 15) is 29.1 Å². The molecule has 3 unspecified atom stereocenters. The average Bonchev–Trinajstić information content (AvgIpc) is 3.25. The second-order valence-corrected chi connectivity index (χ2v) is 18.2. The Morgan fingerprint density at radius 1 is 0.825 bits per heavy atom. The Balaban J connectivity index is 1.40. The number of fused-ring (bicyclic) bond motifs is 5. The minimum atomic E-state index is -2.22. The fourth-order valence-corrected chi connectivity index (χ4v) is 11.0. The van der Waals surface area contributed by atoms with E-state index in [0.29, 0.717) is 16.7 Å². The highest BCUT2D eigenvalue weighted by molar-refractivity contribution is 5.97. The van der Waals surface area contributed by atoms with Gasteiger partial charge in [0.05, 0.1) is 18.1 Å². The number of carbonyl (C=O) groups is 6. The minimum Gasteiger partial charge on any atom is -0.456 e. The predicted octanol–water partition coefficient (Wildman–Crippen LogP) is 6.55. The fourth-order valence-electron chi connectivity index (χ4n) is 11.0. The van der Waals surface area contributed by atoms with Crippen LogP contribution >= 0.6 is 0 Å². The van der Waals surface area contributed by atoms with Crippen molar-refractivity contribution < 1.29 is 62.3 Å². The molecule has 2 saturated carbocycles. The van der Waals surface area contributed by atoms with Crippen LogP contribution in [-0.4, -0.2) is 96.0 Å². The number of ketones is 2. The van der Waals surface area contributed by atoms with Crippen molar-refractivity contribution in [1.29, 1.82) is 0 Å². The Morgan fingerprint density at radius 2 is 1.41 bits per heavy atom. The molecule has 3 fully saturated rings. The van der Waals surface area contributed by atoms with Crippen LogP contribution in [0.25, 0.3) is 0 Å². The molecule has 334 valence electrons. The molecular weight excluding hydrogens is 809 g/mol. The zero-order chi connectivity index (χ0) is 45.6. The van der Waals surface area contributed by atoms with E-state index in [0.717, 1.165) is 0 Å². The van der Waals surface area contributed by atoms with Crippen LogP contribution in [0.4, 0.5) is 0 Å². The summed E-state index contributed by atoms with van der Waals surface area (Å²) in [5.41, 5.74) is -5.18. The summed E-state index contributed by atoms with van der Waals surface area (Å²) < 4.78 is 37.1. The highest BCUT2D eigenvalue weighted by Gasteiger charge is 2.77. The van der Waals surface area contributed by atoms with Gasteiger partial charge in [-0.15, -0.1) is 0 Å². The number of hydrogen-bond acceptors (Lipinski definition) is 13. The molecule has 4 aliphatic rings. The quantitative estimate of drug-likeness (QED) is 0.0898. The molecule has 13 nitrogen and oxygen atoms in total. The largest absolute Gasteiger partial charge is 0.456 e. The number of hydrogen-bond donors (Lipinski definition) is 1. The average molecular weight is 865 g/mol. The molecule has 3 aromatic carbocycles. The summed E-state index contributed by atoms with van der Waals surface area (Å²) in [6, 6.07) is 25.8. The van der Waals surface area contributed by atoms with Crippen LogP contribution < -0.4 is 0 Å². The molecule has 1 aliphatic heterocycles. The maximum atomic E-state index is 15.7. The SMILES string of the molecule is CO[C@@H](C(=O)OC1C[C@@]2(O)C(OC(=O)c3ccccc3)[C@@H]3[C@]4(OC(C)=O)CO[C@@H]4C[C@H](C)[C@@]3(C)C(=O)[C@H](OC(C)=O)C(=C1C)C2(C)C)C(CC(=O)c1ccccc1)c1ccccc1. The molecule has 0 aromatic heterocycles. The van der Waals surface area contributed by atoms with Crippen LogP contribution in [0.2, 0.25) is 0 Å². The van der Waals surface area contributed by atoms with Crippen molar-refractivity contribution in [2.75, 3.05) is 13.7 Å². The second-order valence-electron chi connectivity index (χ2n) is 18.2. The molecular formula is C50H56O13. The molecule has 63 heavy (non-hydrogen) atoms. The lowest BCUT2D eigenvalue weighted by Gasteiger charge is -2.68. The highest BCUT2D eigenvalue weighted by Crippen LogP contribution is 2.65.